The monoisotopic (exact) mass is 402 g/mol. The maximum Gasteiger partial charge on any atom is 0.278 e. The van der Waals surface area contributed by atoms with E-state index < -0.39 is 10.0 Å². The average molecular weight is 403 g/mol. The molecule has 0 bridgehead atoms. The van der Waals surface area contributed by atoms with Gasteiger partial charge in [-0.05, 0) is 31.5 Å². The van der Waals surface area contributed by atoms with Crippen molar-refractivity contribution in [2.75, 3.05) is 26.2 Å². The molecule has 2 aromatic rings. The van der Waals surface area contributed by atoms with Crippen LogP contribution in [0, 0.1) is 0 Å². The van der Waals surface area contributed by atoms with Gasteiger partial charge in [0.2, 0.25) is 10.0 Å². The molecule has 0 aromatic heterocycles. The SMILES string of the molecule is C[C@H](NC(=O)[C@@H](C)[NH+]1CCN(S(=O)(=O)c2ccccc2)CC1)c1ccccc1. The zero-order chi connectivity index (χ0) is 20.1. The van der Waals surface area contributed by atoms with Gasteiger partial charge in [-0.25, -0.2) is 8.42 Å². The minimum absolute atomic E-state index is 0.00859. The predicted molar refractivity (Wildman–Crippen MR) is 108 cm³/mol. The number of quaternary nitrogens is 1. The smallest absolute Gasteiger partial charge is 0.278 e. The first-order chi connectivity index (χ1) is 13.4. The molecule has 0 unspecified atom stereocenters. The summed E-state index contributed by atoms with van der Waals surface area (Å²) in [5.74, 6) is -0.00859. The number of nitrogens with zero attached hydrogens (tertiary/aromatic N) is 1. The van der Waals surface area contributed by atoms with Crippen LogP contribution >= 0.6 is 0 Å². The van der Waals surface area contributed by atoms with Crippen LogP contribution in [0.15, 0.2) is 65.6 Å². The third kappa shape index (κ3) is 4.60. The van der Waals surface area contributed by atoms with Crippen molar-refractivity contribution < 1.29 is 18.1 Å². The second kappa shape index (κ2) is 8.86. The summed E-state index contributed by atoms with van der Waals surface area (Å²) in [4.78, 5) is 14.1. The topological polar surface area (TPSA) is 70.9 Å². The highest BCUT2D eigenvalue weighted by molar-refractivity contribution is 7.89. The number of carbonyl (C=O) groups is 1. The molecule has 2 aromatic carbocycles. The molecule has 1 amide bonds. The first-order valence-corrected chi connectivity index (χ1v) is 11.1. The van der Waals surface area contributed by atoms with Gasteiger partial charge < -0.3 is 10.2 Å². The maximum absolute atomic E-state index is 12.7. The third-order valence-electron chi connectivity index (χ3n) is 5.41. The van der Waals surface area contributed by atoms with Gasteiger partial charge in [-0.3, -0.25) is 4.79 Å². The Morgan fingerprint density at radius 3 is 2.07 bits per heavy atom. The number of hydrogen-bond donors (Lipinski definition) is 2. The van der Waals surface area contributed by atoms with Gasteiger partial charge in [0.1, 0.15) is 0 Å². The number of sulfonamides is 1. The van der Waals surface area contributed by atoms with Crippen molar-refractivity contribution in [2.45, 2.75) is 30.8 Å². The summed E-state index contributed by atoms with van der Waals surface area (Å²) in [5.41, 5.74) is 1.07. The molecule has 0 radical (unpaired) electrons. The van der Waals surface area contributed by atoms with E-state index in [1.165, 1.54) is 4.31 Å². The van der Waals surface area contributed by atoms with Gasteiger partial charge in [-0.1, -0.05) is 48.5 Å². The number of amides is 1. The number of carbonyl (C=O) groups excluding carboxylic acids is 1. The van der Waals surface area contributed by atoms with Gasteiger partial charge >= 0.3 is 0 Å². The molecule has 1 saturated heterocycles. The molecule has 2 N–H and O–H groups in total. The van der Waals surface area contributed by atoms with Crippen molar-refractivity contribution in [1.29, 1.82) is 0 Å². The first kappa shape index (κ1) is 20.5. The zero-order valence-electron chi connectivity index (χ0n) is 16.3. The quantitative estimate of drug-likeness (QED) is 0.752. The van der Waals surface area contributed by atoms with Crippen LogP contribution in [0.4, 0.5) is 0 Å². The predicted octanol–water partition coefficient (Wildman–Crippen LogP) is 0.842. The van der Waals surface area contributed by atoms with E-state index in [1.807, 2.05) is 44.2 Å². The van der Waals surface area contributed by atoms with E-state index in [0.717, 1.165) is 10.5 Å². The molecule has 0 saturated carbocycles. The summed E-state index contributed by atoms with van der Waals surface area (Å²) in [6, 6.07) is 18.1. The zero-order valence-corrected chi connectivity index (χ0v) is 17.2. The Morgan fingerprint density at radius 1 is 0.964 bits per heavy atom. The maximum atomic E-state index is 12.7. The number of hydrogen-bond acceptors (Lipinski definition) is 3. The molecule has 1 heterocycles. The Hall–Kier alpha value is -2.22. The Kier molecular flexibility index (Phi) is 6.49. The van der Waals surface area contributed by atoms with Crippen LogP contribution in [0.2, 0.25) is 0 Å². The Balaban J connectivity index is 1.56. The molecule has 7 heteroatoms. The fourth-order valence-electron chi connectivity index (χ4n) is 3.54. The Labute approximate surface area is 167 Å². The third-order valence-corrected chi connectivity index (χ3v) is 7.32. The van der Waals surface area contributed by atoms with Crippen molar-refractivity contribution in [2.24, 2.45) is 0 Å². The molecular weight excluding hydrogens is 374 g/mol. The van der Waals surface area contributed by atoms with Gasteiger partial charge in [-0.2, -0.15) is 4.31 Å². The van der Waals surface area contributed by atoms with Crippen LogP contribution in [0.1, 0.15) is 25.5 Å². The molecule has 150 valence electrons. The van der Waals surface area contributed by atoms with Gasteiger partial charge in [0.15, 0.2) is 6.04 Å². The van der Waals surface area contributed by atoms with Gasteiger partial charge in [0.05, 0.1) is 37.1 Å². The largest absolute Gasteiger partial charge is 0.344 e. The highest BCUT2D eigenvalue weighted by Gasteiger charge is 2.34. The average Bonchev–Trinajstić information content (AvgIpc) is 2.74. The Morgan fingerprint density at radius 2 is 1.50 bits per heavy atom. The van der Waals surface area contributed by atoms with Crippen LogP contribution in [-0.2, 0) is 14.8 Å². The van der Waals surface area contributed by atoms with Crippen molar-refractivity contribution in [1.82, 2.24) is 9.62 Å². The lowest BCUT2D eigenvalue weighted by molar-refractivity contribution is -0.917. The summed E-state index contributed by atoms with van der Waals surface area (Å²) in [5, 5.41) is 3.07. The standard InChI is InChI=1S/C21H27N3O3S/c1-17(19-9-5-3-6-10-19)22-21(25)18(2)23-13-15-24(16-14-23)28(26,27)20-11-7-4-8-12-20/h3-12,17-18H,13-16H2,1-2H3,(H,22,25)/p+1/t17-,18+/m0/s1. The first-order valence-electron chi connectivity index (χ1n) is 9.64. The number of nitrogens with one attached hydrogen (secondary N) is 2. The Bertz CT molecular complexity index is 880. The fourth-order valence-corrected chi connectivity index (χ4v) is 5.00. The molecule has 1 aliphatic heterocycles. The molecule has 6 nitrogen and oxygen atoms in total. The molecule has 0 spiro atoms. The summed E-state index contributed by atoms with van der Waals surface area (Å²) in [6.07, 6.45) is 0. The lowest BCUT2D eigenvalue weighted by Crippen LogP contribution is -3.19. The van der Waals surface area contributed by atoms with E-state index in [-0.39, 0.29) is 18.0 Å². The lowest BCUT2D eigenvalue weighted by Gasteiger charge is -2.34. The molecular formula is C21H28N3O3S+. The molecule has 28 heavy (non-hydrogen) atoms. The molecule has 1 fully saturated rings. The fraction of sp³-hybridized carbons (Fsp3) is 0.381. The summed E-state index contributed by atoms with van der Waals surface area (Å²) >= 11 is 0. The summed E-state index contributed by atoms with van der Waals surface area (Å²) < 4.78 is 27.0. The minimum atomic E-state index is -3.47. The molecule has 1 aliphatic rings. The van der Waals surface area contributed by atoms with Crippen LogP contribution < -0.4 is 10.2 Å². The van der Waals surface area contributed by atoms with Crippen LogP contribution in [0.25, 0.3) is 0 Å². The van der Waals surface area contributed by atoms with Crippen molar-refractivity contribution >= 4 is 15.9 Å². The summed E-state index contributed by atoms with van der Waals surface area (Å²) in [7, 11) is -3.47. The van der Waals surface area contributed by atoms with E-state index in [4.69, 9.17) is 0 Å². The van der Waals surface area contributed by atoms with E-state index in [2.05, 4.69) is 5.32 Å². The number of piperazine rings is 1. The van der Waals surface area contributed by atoms with Crippen LogP contribution in [-0.4, -0.2) is 50.9 Å². The van der Waals surface area contributed by atoms with E-state index in [9.17, 15) is 13.2 Å². The van der Waals surface area contributed by atoms with Crippen molar-refractivity contribution in [3.05, 3.63) is 66.2 Å². The second-order valence-electron chi connectivity index (χ2n) is 7.24. The van der Waals surface area contributed by atoms with Gasteiger partial charge in [0, 0.05) is 0 Å². The van der Waals surface area contributed by atoms with E-state index >= 15 is 0 Å². The van der Waals surface area contributed by atoms with E-state index in [1.54, 1.807) is 30.3 Å². The van der Waals surface area contributed by atoms with Gasteiger partial charge in [-0.15, -0.1) is 0 Å². The highest BCUT2D eigenvalue weighted by atomic mass is 32.2. The van der Waals surface area contributed by atoms with Gasteiger partial charge in [0.25, 0.3) is 5.91 Å². The van der Waals surface area contributed by atoms with Crippen molar-refractivity contribution in [3.8, 4) is 0 Å². The minimum Gasteiger partial charge on any atom is -0.344 e. The number of rotatable bonds is 6. The molecule has 0 aliphatic carbocycles. The van der Waals surface area contributed by atoms with E-state index in [0.29, 0.717) is 31.1 Å². The summed E-state index contributed by atoms with van der Waals surface area (Å²) in [6.45, 7) is 5.93. The molecule has 3 rings (SSSR count). The normalized spacial score (nSPS) is 18.4. The second-order valence-corrected chi connectivity index (χ2v) is 9.18. The van der Waals surface area contributed by atoms with Crippen molar-refractivity contribution in [3.63, 3.8) is 0 Å². The highest BCUT2D eigenvalue weighted by Crippen LogP contribution is 2.15. The van der Waals surface area contributed by atoms with Crippen LogP contribution in [0.5, 0.6) is 0 Å². The molecule has 2 atom stereocenters. The van der Waals surface area contributed by atoms with Crippen LogP contribution in [0.3, 0.4) is 0 Å². The number of benzene rings is 2. The lowest BCUT2D eigenvalue weighted by atomic mass is 10.1.